The third-order valence-electron chi connectivity index (χ3n) is 6.16. The fraction of sp³-hybridized carbons (Fsp3) is 0.217. The van der Waals surface area contributed by atoms with E-state index in [4.69, 9.17) is 4.74 Å². The predicted molar refractivity (Wildman–Crippen MR) is 120 cm³/mol. The van der Waals surface area contributed by atoms with E-state index in [2.05, 4.69) is 71.7 Å². The van der Waals surface area contributed by atoms with Crippen LogP contribution in [0.5, 0.6) is 5.75 Å². The van der Waals surface area contributed by atoms with E-state index in [-0.39, 0.29) is 16.0 Å². The van der Waals surface area contributed by atoms with Gasteiger partial charge in [0.25, 0.3) is 5.69 Å². The smallest absolute Gasteiger partial charge is 0.270 e. The van der Waals surface area contributed by atoms with Crippen molar-refractivity contribution in [1.29, 1.82) is 0 Å². The number of nitrogens with zero attached hydrogens (tertiary/aromatic N) is 2. The SMILES string of the molecule is CC1(C)c2cc(I)ccc2N2Cc3cc([N+](=O)[O-])ccc3OC21c1ccccc1. The zero-order chi connectivity index (χ0) is 20.4. The average Bonchev–Trinajstić information content (AvgIpc) is 2.90. The Hall–Kier alpha value is -2.61. The molecule has 1 unspecified atom stereocenters. The van der Waals surface area contributed by atoms with Crippen LogP contribution in [0.3, 0.4) is 0 Å². The van der Waals surface area contributed by atoms with Crippen molar-refractivity contribution >= 4 is 34.0 Å². The fourth-order valence-electron chi connectivity index (χ4n) is 4.78. The Morgan fingerprint density at radius 1 is 1.07 bits per heavy atom. The van der Waals surface area contributed by atoms with Gasteiger partial charge in [0.1, 0.15) is 5.75 Å². The first-order chi connectivity index (χ1) is 13.8. The van der Waals surface area contributed by atoms with E-state index >= 15 is 0 Å². The highest BCUT2D eigenvalue weighted by Crippen LogP contribution is 2.60. The molecule has 5 nitrogen and oxygen atoms in total. The van der Waals surface area contributed by atoms with Crippen molar-refractivity contribution in [3.8, 4) is 5.75 Å². The van der Waals surface area contributed by atoms with Crippen LogP contribution < -0.4 is 9.64 Å². The van der Waals surface area contributed by atoms with Crippen molar-refractivity contribution in [3.63, 3.8) is 0 Å². The summed E-state index contributed by atoms with van der Waals surface area (Å²) in [6, 6.07) is 21.6. The summed E-state index contributed by atoms with van der Waals surface area (Å²) in [5, 5.41) is 11.3. The van der Waals surface area contributed by atoms with Crippen LogP contribution in [0.1, 0.15) is 30.5 Å². The number of nitro benzene ring substituents is 1. The van der Waals surface area contributed by atoms with Gasteiger partial charge in [-0.1, -0.05) is 30.3 Å². The molecule has 3 aromatic carbocycles. The molecule has 0 aliphatic carbocycles. The summed E-state index contributed by atoms with van der Waals surface area (Å²) in [4.78, 5) is 13.2. The third kappa shape index (κ3) is 2.44. The minimum Gasteiger partial charge on any atom is -0.462 e. The Labute approximate surface area is 182 Å². The number of anilines is 1. The van der Waals surface area contributed by atoms with Crippen LogP contribution in [-0.2, 0) is 17.7 Å². The molecule has 0 fully saturated rings. The molecule has 6 heteroatoms. The highest BCUT2D eigenvalue weighted by atomic mass is 127. The second-order valence-electron chi connectivity index (χ2n) is 8.03. The van der Waals surface area contributed by atoms with Gasteiger partial charge in [-0.05, 0) is 66.3 Å². The van der Waals surface area contributed by atoms with E-state index in [1.807, 2.05) is 18.2 Å². The van der Waals surface area contributed by atoms with Crippen LogP contribution in [0.4, 0.5) is 11.4 Å². The zero-order valence-corrected chi connectivity index (χ0v) is 18.2. The van der Waals surface area contributed by atoms with E-state index in [9.17, 15) is 10.1 Å². The Morgan fingerprint density at radius 3 is 2.55 bits per heavy atom. The third-order valence-corrected chi connectivity index (χ3v) is 6.83. The molecule has 0 amide bonds. The number of hydrogen-bond donors (Lipinski definition) is 0. The van der Waals surface area contributed by atoms with Gasteiger partial charge in [0, 0.05) is 32.5 Å². The molecule has 2 aliphatic rings. The number of benzene rings is 3. The molecule has 0 N–H and O–H groups in total. The van der Waals surface area contributed by atoms with E-state index in [1.54, 1.807) is 12.1 Å². The van der Waals surface area contributed by atoms with Gasteiger partial charge in [-0.3, -0.25) is 10.1 Å². The number of halogens is 1. The molecule has 1 atom stereocenters. The molecule has 2 heterocycles. The normalized spacial score (nSPS) is 21.0. The zero-order valence-electron chi connectivity index (χ0n) is 16.1. The van der Waals surface area contributed by atoms with Gasteiger partial charge in [-0.2, -0.15) is 0 Å². The first-order valence-corrected chi connectivity index (χ1v) is 10.5. The lowest BCUT2D eigenvalue weighted by molar-refractivity contribution is -0.385. The maximum absolute atomic E-state index is 11.3. The first-order valence-electron chi connectivity index (χ1n) is 9.44. The predicted octanol–water partition coefficient (Wildman–Crippen LogP) is 5.74. The minimum absolute atomic E-state index is 0.0841. The van der Waals surface area contributed by atoms with Crippen LogP contribution in [-0.4, -0.2) is 4.92 Å². The molecular weight excluding hydrogens is 479 g/mol. The Morgan fingerprint density at radius 2 is 1.83 bits per heavy atom. The van der Waals surface area contributed by atoms with Crippen molar-refractivity contribution in [2.75, 3.05) is 4.90 Å². The quantitative estimate of drug-likeness (QED) is 0.257. The number of rotatable bonds is 2. The van der Waals surface area contributed by atoms with Gasteiger partial charge in [0.2, 0.25) is 5.72 Å². The summed E-state index contributed by atoms with van der Waals surface area (Å²) in [6.07, 6.45) is 0. The van der Waals surface area contributed by atoms with Gasteiger partial charge < -0.3 is 9.64 Å². The standard InChI is InChI=1S/C23H19IN2O3/c1-22(2)19-13-17(24)8-10-20(19)25-14-15-12-18(26(27)28)9-11-21(15)29-23(22,25)16-6-4-3-5-7-16/h3-13H,14H2,1-2H3. The summed E-state index contributed by atoms with van der Waals surface area (Å²) in [7, 11) is 0. The van der Waals surface area contributed by atoms with E-state index in [1.165, 1.54) is 15.2 Å². The van der Waals surface area contributed by atoms with Gasteiger partial charge in [-0.25, -0.2) is 0 Å². The molecule has 146 valence electrons. The lowest BCUT2D eigenvalue weighted by Gasteiger charge is -2.50. The summed E-state index contributed by atoms with van der Waals surface area (Å²) < 4.78 is 7.97. The highest BCUT2D eigenvalue weighted by molar-refractivity contribution is 14.1. The largest absolute Gasteiger partial charge is 0.462 e. The summed E-state index contributed by atoms with van der Waals surface area (Å²) in [5.74, 6) is 0.700. The molecule has 0 radical (unpaired) electrons. The molecular formula is C23H19IN2O3. The van der Waals surface area contributed by atoms with Crippen LogP contribution in [0.25, 0.3) is 0 Å². The number of hydrogen-bond acceptors (Lipinski definition) is 4. The lowest BCUT2D eigenvalue weighted by Crippen LogP contribution is -2.58. The molecule has 5 rings (SSSR count). The summed E-state index contributed by atoms with van der Waals surface area (Å²) in [6.45, 7) is 4.97. The number of fused-ring (bicyclic) bond motifs is 4. The first kappa shape index (κ1) is 18.4. The maximum atomic E-state index is 11.3. The van der Waals surface area contributed by atoms with Gasteiger partial charge >= 0.3 is 0 Å². The number of non-ortho nitro benzene ring substituents is 1. The van der Waals surface area contributed by atoms with Crippen molar-refractivity contribution in [3.05, 3.63) is 97.1 Å². The van der Waals surface area contributed by atoms with Crippen LogP contribution in [0, 0.1) is 13.7 Å². The van der Waals surface area contributed by atoms with Crippen LogP contribution >= 0.6 is 22.6 Å². The van der Waals surface area contributed by atoms with Gasteiger partial charge in [0.15, 0.2) is 0 Å². The lowest BCUT2D eigenvalue weighted by atomic mass is 9.73. The van der Waals surface area contributed by atoms with Crippen molar-refractivity contribution in [1.82, 2.24) is 0 Å². The summed E-state index contributed by atoms with van der Waals surface area (Å²) in [5.41, 5.74) is 3.23. The molecule has 0 aromatic heterocycles. The van der Waals surface area contributed by atoms with Gasteiger partial charge in [0.05, 0.1) is 16.9 Å². The highest BCUT2D eigenvalue weighted by Gasteiger charge is 2.62. The second-order valence-corrected chi connectivity index (χ2v) is 9.28. The van der Waals surface area contributed by atoms with Crippen molar-refractivity contribution < 1.29 is 9.66 Å². The molecule has 3 aromatic rings. The van der Waals surface area contributed by atoms with Crippen LogP contribution in [0.15, 0.2) is 66.7 Å². The Bertz CT molecular complexity index is 1150. The van der Waals surface area contributed by atoms with E-state index in [0.717, 1.165) is 16.8 Å². The topological polar surface area (TPSA) is 55.6 Å². The molecule has 0 spiro atoms. The van der Waals surface area contributed by atoms with Crippen molar-refractivity contribution in [2.45, 2.75) is 31.5 Å². The molecule has 29 heavy (non-hydrogen) atoms. The Kier molecular flexibility index (Phi) is 3.93. The summed E-state index contributed by atoms with van der Waals surface area (Å²) >= 11 is 2.34. The molecule has 0 saturated carbocycles. The van der Waals surface area contributed by atoms with E-state index < -0.39 is 5.72 Å². The average molecular weight is 498 g/mol. The number of ether oxygens (including phenoxy) is 1. The second kappa shape index (κ2) is 6.19. The van der Waals surface area contributed by atoms with Crippen LogP contribution in [0.2, 0.25) is 0 Å². The number of nitro groups is 1. The molecule has 2 aliphatic heterocycles. The van der Waals surface area contributed by atoms with Gasteiger partial charge in [-0.15, -0.1) is 0 Å². The van der Waals surface area contributed by atoms with Crippen molar-refractivity contribution in [2.24, 2.45) is 0 Å². The Balaban J connectivity index is 1.79. The molecule has 0 bridgehead atoms. The van der Waals surface area contributed by atoms with E-state index in [0.29, 0.717) is 12.3 Å². The minimum atomic E-state index is -0.732. The fourth-order valence-corrected chi connectivity index (χ4v) is 5.28. The monoisotopic (exact) mass is 498 g/mol. The maximum Gasteiger partial charge on any atom is 0.270 e. The molecule has 0 saturated heterocycles.